The minimum absolute atomic E-state index is 0. The molecule has 11 heteroatoms. The summed E-state index contributed by atoms with van der Waals surface area (Å²) in [6.45, 7) is 3.40. The zero-order chi connectivity index (χ0) is 17.8. The van der Waals surface area contributed by atoms with E-state index < -0.39 is 0 Å². The number of hydrogen-bond donors (Lipinski definition) is 1. The molecule has 0 saturated carbocycles. The SMILES string of the molecule is Cc1nnc(SCC(=O)N2CCN(C(=O)c3ccco3)CC2)[nH]c1=O.Cl. The molecule has 0 atom stereocenters. The van der Waals surface area contributed by atoms with Gasteiger partial charge in [-0.25, -0.2) is 0 Å². The van der Waals surface area contributed by atoms with Crippen molar-refractivity contribution in [2.24, 2.45) is 0 Å². The van der Waals surface area contributed by atoms with Gasteiger partial charge < -0.3 is 14.2 Å². The lowest BCUT2D eigenvalue weighted by Gasteiger charge is -2.34. The van der Waals surface area contributed by atoms with E-state index in [1.807, 2.05) is 0 Å². The third kappa shape index (κ3) is 4.64. The average Bonchev–Trinajstić information content (AvgIpc) is 3.16. The van der Waals surface area contributed by atoms with Gasteiger partial charge in [0.2, 0.25) is 5.91 Å². The van der Waals surface area contributed by atoms with Gasteiger partial charge in [0.1, 0.15) is 5.69 Å². The minimum atomic E-state index is -0.310. The summed E-state index contributed by atoms with van der Waals surface area (Å²) < 4.78 is 5.11. The summed E-state index contributed by atoms with van der Waals surface area (Å²) in [5.74, 6) is 0.217. The highest BCUT2D eigenvalue weighted by Crippen LogP contribution is 2.13. The zero-order valence-corrected chi connectivity index (χ0v) is 15.6. The monoisotopic (exact) mass is 399 g/mol. The summed E-state index contributed by atoms with van der Waals surface area (Å²) in [6.07, 6.45) is 1.46. The van der Waals surface area contributed by atoms with Gasteiger partial charge in [-0.15, -0.1) is 22.6 Å². The third-order valence-electron chi connectivity index (χ3n) is 3.82. The molecule has 2 amide bonds. The van der Waals surface area contributed by atoms with Crippen LogP contribution in [0, 0.1) is 6.92 Å². The fourth-order valence-electron chi connectivity index (χ4n) is 2.38. The van der Waals surface area contributed by atoms with E-state index in [0.717, 1.165) is 11.8 Å². The predicted octanol–water partition coefficient (Wildman–Crippen LogP) is 0.565. The molecule has 0 bridgehead atoms. The molecular formula is C15H18ClN5O4S. The molecule has 0 aromatic carbocycles. The molecule has 3 rings (SSSR count). The first-order valence-corrected chi connectivity index (χ1v) is 8.70. The van der Waals surface area contributed by atoms with Crippen LogP contribution in [0.3, 0.4) is 0 Å². The van der Waals surface area contributed by atoms with Crippen LogP contribution in [-0.4, -0.2) is 68.7 Å². The Balaban J connectivity index is 0.00000243. The van der Waals surface area contributed by atoms with Crippen LogP contribution in [0.2, 0.25) is 0 Å². The molecule has 1 aliphatic rings. The highest BCUT2D eigenvalue weighted by Gasteiger charge is 2.26. The summed E-state index contributed by atoms with van der Waals surface area (Å²) in [5.41, 5.74) is -0.0250. The number of carbonyl (C=O) groups excluding carboxylic acids is 2. The second kappa shape index (κ2) is 8.86. The summed E-state index contributed by atoms with van der Waals surface area (Å²) in [5, 5.41) is 7.89. The van der Waals surface area contributed by atoms with Gasteiger partial charge in [-0.1, -0.05) is 11.8 Å². The molecule has 1 N–H and O–H groups in total. The van der Waals surface area contributed by atoms with E-state index >= 15 is 0 Å². The second-order valence-electron chi connectivity index (χ2n) is 5.48. The first kappa shape index (κ1) is 20.0. The predicted molar refractivity (Wildman–Crippen MR) is 96.6 cm³/mol. The number of thioether (sulfide) groups is 1. The normalized spacial score (nSPS) is 14.0. The van der Waals surface area contributed by atoms with Crippen LogP contribution < -0.4 is 5.56 Å². The number of aromatic nitrogens is 3. The van der Waals surface area contributed by atoms with Crippen LogP contribution in [0.5, 0.6) is 0 Å². The number of aryl methyl sites for hydroxylation is 1. The maximum Gasteiger partial charge on any atom is 0.289 e. The standard InChI is InChI=1S/C15H17N5O4S.ClH/c1-10-13(22)16-15(18-17-10)25-9-12(21)19-4-6-20(7-5-19)14(23)11-3-2-8-24-11;/h2-3,8H,4-7,9H2,1H3,(H,16,18,22);1H. The van der Waals surface area contributed by atoms with E-state index in [9.17, 15) is 14.4 Å². The Morgan fingerprint density at radius 3 is 2.54 bits per heavy atom. The van der Waals surface area contributed by atoms with Crippen molar-refractivity contribution in [2.45, 2.75) is 12.1 Å². The molecule has 0 spiro atoms. The zero-order valence-electron chi connectivity index (χ0n) is 14.0. The number of H-pyrrole nitrogens is 1. The maximum absolute atomic E-state index is 12.3. The van der Waals surface area contributed by atoms with Gasteiger partial charge in [0, 0.05) is 26.2 Å². The second-order valence-corrected chi connectivity index (χ2v) is 6.45. The number of amides is 2. The Hall–Kier alpha value is -2.33. The van der Waals surface area contributed by atoms with Gasteiger partial charge >= 0.3 is 0 Å². The molecule has 1 saturated heterocycles. The van der Waals surface area contributed by atoms with Gasteiger partial charge in [-0.05, 0) is 19.1 Å². The Kier molecular flexibility index (Phi) is 6.81. The number of aromatic amines is 1. The lowest BCUT2D eigenvalue weighted by molar-refractivity contribution is -0.129. The van der Waals surface area contributed by atoms with Gasteiger partial charge in [0.05, 0.1) is 12.0 Å². The van der Waals surface area contributed by atoms with Crippen molar-refractivity contribution in [3.8, 4) is 0 Å². The molecule has 0 aliphatic carbocycles. The quantitative estimate of drug-likeness (QED) is 0.747. The van der Waals surface area contributed by atoms with E-state index in [-0.39, 0.29) is 41.2 Å². The number of rotatable bonds is 4. The van der Waals surface area contributed by atoms with Crippen molar-refractivity contribution in [1.29, 1.82) is 0 Å². The van der Waals surface area contributed by atoms with Crippen molar-refractivity contribution in [1.82, 2.24) is 25.0 Å². The number of piperazine rings is 1. The van der Waals surface area contributed by atoms with Crippen LogP contribution in [0.15, 0.2) is 32.8 Å². The average molecular weight is 400 g/mol. The van der Waals surface area contributed by atoms with E-state index in [0.29, 0.717) is 37.1 Å². The summed E-state index contributed by atoms with van der Waals surface area (Å²) in [7, 11) is 0. The number of nitrogens with one attached hydrogen (secondary N) is 1. The van der Waals surface area contributed by atoms with Crippen LogP contribution in [0.25, 0.3) is 0 Å². The first-order chi connectivity index (χ1) is 12.0. The highest BCUT2D eigenvalue weighted by atomic mass is 35.5. The topological polar surface area (TPSA) is 112 Å². The Bertz CT molecular complexity index is 818. The van der Waals surface area contributed by atoms with Crippen LogP contribution in [0.1, 0.15) is 16.2 Å². The number of nitrogens with zero attached hydrogens (tertiary/aromatic N) is 4. The van der Waals surface area contributed by atoms with Crippen LogP contribution in [-0.2, 0) is 4.79 Å². The lowest BCUT2D eigenvalue weighted by Crippen LogP contribution is -2.51. The van der Waals surface area contributed by atoms with Crippen molar-refractivity contribution >= 4 is 36.0 Å². The van der Waals surface area contributed by atoms with E-state index in [4.69, 9.17) is 4.42 Å². The van der Waals surface area contributed by atoms with Crippen molar-refractivity contribution < 1.29 is 14.0 Å². The molecule has 2 aromatic heterocycles. The number of furan rings is 1. The molecule has 0 radical (unpaired) electrons. The van der Waals surface area contributed by atoms with Crippen LogP contribution >= 0.6 is 24.2 Å². The number of carbonyl (C=O) groups is 2. The Morgan fingerprint density at radius 2 is 1.92 bits per heavy atom. The molecular weight excluding hydrogens is 382 g/mol. The third-order valence-corrected chi connectivity index (χ3v) is 4.67. The maximum atomic E-state index is 12.3. The van der Waals surface area contributed by atoms with Gasteiger partial charge in [0.15, 0.2) is 10.9 Å². The molecule has 1 aliphatic heterocycles. The molecule has 0 unspecified atom stereocenters. The van der Waals surface area contributed by atoms with Crippen molar-refractivity contribution in [3.05, 3.63) is 40.2 Å². The number of halogens is 1. The van der Waals surface area contributed by atoms with Gasteiger partial charge in [0.25, 0.3) is 11.5 Å². The molecule has 2 aromatic rings. The number of hydrogen-bond acceptors (Lipinski definition) is 7. The molecule has 1 fully saturated rings. The first-order valence-electron chi connectivity index (χ1n) is 7.71. The van der Waals surface area contributed by atoms with E-state index in [2.05, 4.69) is 15.2 Å². The summed E-state index contributed by atoms with van der Waals surface area (Å²) >= 11 is 1.13. The van der Waals surface area contributed by atoms with E-state index in [1.54, 1.807) is 28.9 Å². The largest absolute Gasteiger partial charge is 0.459 e. The Morgan fingerprint density at radius 1 is 1.23 bits per heavy atom. The van der Waals surface area contributed by atoms with Crippen molar-refractivity contribution in [2.75, 3.05) is 31.9 Å². The van der Waals surface area contributed by atoms with E-state index in [1.165, 1.54) is 6.26 Å². The molecule has 140 valence electrons. The summed E-state index contributed by atoms with van der Waals surface area (Å²) in [4.78, 5) is 41.9. The fourth-order valence-corrected chi connectivity index (χ4v) is 3.09. The minimum Gasteiger partial charge on any atom is -0.459 e. The summed E-state index contributed by atoms with van der Waals surface area (Å²) in [6, 6.07) is 3.29. The highest BCUT2D eigenvalue weighted by molar-refractivity contribution is 7.99. The smallest absolute Gasteiger partial charge is 0.289 e. The molecule has 9 nitrogen and oxygen atoms in total. The van der Waals surface area contributed by atoms with Crippen LogP contribution in [0.4, 0.5) is 0 Å². The molecule has 26 heavy (non-hydrogen) atoms. The molecule has 3 heterocycles. The van der Waals surface area contributed by atoms with Gasteiger partial charge in [-0.3, -0.25) is 19.4 Å². The Labute approximate surface area is 159 Å². The lowest BCUT2D eigenvalue weighted by atomic mass is 10.3. The fraction of sp³-hybridized carbons (Fsp3) is 0.400. The van der Waals surface area contributed by atoms with Crippen molar-refractivity contribution in [3.63, 3.8) is 0 Å². The van der Waals surface area contributed by atoms with Gasteiger partial charge in [-0.2, -0.15) is 0 Å².